The smallest absolute Gasteiger partial charge is 0.317 e. The van der Waals surface area contributed by atoms with E-state index in [1.165, 1.54) is 24.0 Å². The summed E-state index contributed by atoms with van der Waals surface area (Å²) in [5.41, 5.74) is 4.02. The molecule has 0 aliphatic heterocycles. The number of amides is 2. The van der Waals surface area contributed by atoms with Crippen LogP contribution in [0.5, 0.6) is 0 Å². The molecule has 2 amide bonds. The van der Waals surface area contributed by atoms with Gasteiger partial charge in [0.15, 0.2) is 0 Å². The first-order valence-electron chi connectivity index (χ1n) is 6.99. The third kappa shape index (κ3) is 3.47. The number of aryl methyl sites for hydroxylation is 2. The van der Waals surface area contributed by atoms with E-state index in [0.717, 1.165) is 12.0 Å². The van der Waals surface area contributed by atoms with Crippen LogP contribution < -0.4 is 5.32 Å². The van der Waals surface area contributed by atoms with E-state index in [1.54, 1.807) is 4.90 Å². The Balaban J connectivity index is 1.89. The van der Waals surface area contributed by atoms with Crippen molar-refractivity contribution in [3.8, 4) is 0 Å². The fraction of sp³-hybridized carbons (Fsp3) is 0.533. The van der Waals surface area contributed by atoms with Gasteiger partial charge in [0, 0.05) is 19.6 Å². The van der Waals surface area contributed by atoms with Crippen molar-refractivity contribution in [2.75, 3.05) is 19.7 Å². The molecule has 2 N–H and O–H groups in total. The number of urea groups is 1. The molecule has 2 rings (SSSR count). The molecule has 19 heavy (non-hydrogen) atoms. The first-order chi connectivity index (χ1) is 9.24. The van der Waals surface area contributed by atoms with Crippen molar-refractivity contribution in [2.45, 2.75) is 32.7 Å². The fourth-order valence-electron chi connectivity index (χ4n) is 2.55. The molecule has 0 saturated heterocycles. The van der Waals surface area contributed by atoms with Gasteiger partial charge in [-0.25, -0.2) is 4.79 Å². The normalized spacial score (nSPS) is 13.2. The predicted molar refractivity (Wildman–Crippen MR) is 75.0 cm³/mol. The van der Waals surface area contributed by atoms with Gasteiger partial charge in [0.2, 0.25) is 0 Å². The molecular formula is C15H22N2O2. The average Bonchev–Trinajstić information content (AvgIpc) is 2.89. The van der Waals surface area contributed by atoms with Gasteiger partial charge in [0.05, 0.1) is 6.61 Å². The number of nitrogens with one attached hydrogen (secondary N) is 1. The van der Waals surface area contributed by atoms with Crippen molar-refractivity contribution in [3.05, 3.63) is 34.9 Å². The fourth-order valence-corrected chi connectivity index (χ4v) is 2.55. The lowest BCUT2D eigenvalue weighted by Gasteiger charge is -2.20. The summed E-state index contributed by atoms with van der Waals surface area (Å²) in [6.45, 7) is 3.45. The quantitative estimate of drug-likeness (QED) is 0.848. The monoisotopic (exact) mass is 262 g/mol. The molecule has 0 aromatic heterocycles. The maximum absolute atomic E-state index is 11.9. The van der Waals surface area contributed by atoms with Crippen LogP contribution in [0.15, 0.2) is 18.2 Å². The van der Waals surface area contributed by atoms with Gasteiger partial charge in [-0.1, -0.05) is 18.2 Å². The van der Waals surface area contributed by atoms with Crippen molar-refractivity contribution in [1.29, 1.82) is 0 Å². The van der Waals surface area contributed by atoms with Crippen LogP contribution in [0.3, 0.4) is 0 Å². The molecule has 1 aliphatic carbocycles. The highest BCUT2D eigenvalue weighted by Crippen LogP contribution is 2.22. The Hall–Kier alpha value is -1.55. The molecule has 1 aromatic carbocycles. The number of carbonyl (C=O) groups excluding carboxylic acids is 1. The van der Waals surface area contributed by atoms with E-state index in [0.29, 0.717) is 19.6 Å². The van der Waals surface area contributed by atoms with Crippen LogP contribution in [0.4, 0.5) is 4.79 Å². The van der Waals surface area contributed by atoms with Crippen LogP contribution in [-0.2, 0) is 19.4 Å². The van der Waals surface area contributed by atoms with Crippen LogP contribution in [0, 0.1) is 0 Å². The molecule has 0 fully saturated rings. The number of carbonyl (C=O) groups is 1. The van der Waals surface area contributed by atoms with Crippen LogP contribution in [0.2, 0.25) is 0 Å². The minimum Gasteiger partial charge on any atom is -0.395 e. The molecule has 0 unspecified atom stereocenters. The van der Waals surface area contributed by atoms with Crippen LogP contribution in [0.25, 0.3) is 0 Å². The largest absolute Gasteiger partial charge is 0.395 e. The number of fused-ring (bicyclic) bond motifs is 1. The third-order valence-corrected chi connectivity index (χ3v) is 3.65. The maximum atomic E-state index is 11.9. The standard InChI is InChI=1S/C15H22N2O2/c1-2-17(8-9-18)15(19)16-11-12-6-7-13-4-3-5-14(13)10-12/h6-7,10,18H,2-5,8-9,11H2,1H3,(H,16,19). The zero-order chi connectivity index (χ0) is 13.7. The van der Waals surface area contributed by atoms with Crippen LogP contribution in [0.1, 0.15) is 30.0 Å². The maximum Gasteiger partial charge on any atom is 0.317 e. The van der Waals surface area contributed by atoms with E-state index in [-0.39, 0.29) is 12.6 Å². The molecule has 104 valence electrons. The molecular weight excluding hydrogens is 240 g/mol. The van der Waals surface area contributed by atoms with Crippen LogP contribution in [-0.4, -0.2) is 35.7 Å². The number of benzene rings is 1. The summed E-state index contributed by atoms with van der Waals surface area (Å²) in [6.07, 6.45) is 3.58. The lowest BCUT2D eigenvalue weighted by atomic mass is 10.1. The topological polar surface area (TPSA) is 52.6 Å². The molecule has 0 heterocycles. The minimum absolute atomic E-state index is 0.000104. The average molecular weight is 262 g/mol. The molecule has 0 atom stereocenters. The van der Waals surface area contributed by atoms with E-state index in [1.807, 2.05) is 6.92 Å². The van der Waals surface area contributed by atoms with Gasteiger partial charge in [-0.05, 0) is 42.9 Å². The Bertz CT molecular complexity index is 446. The summed E-state index contributed by atoms with van der Waals surface area (Å²) < 4.78 is 0. The van der Waals surface area contributed by atoms with Crippen molar-refractivity contribution in [3.63, 3.8) is 0 Å². The number of nitrogens with zero attached hydrogens (tertiary/aromatic N) is 1. The van der Waals surface area contributed by atoms with Gasteiger partial charge >= 0.3 is 6.03 Å². The number of hydrogen-bond donors (Lipinski definition) is 2. The van der Waals surface area contributed by atoms with Crippen LogP contribution >= 0.6 is 0 Å². The molecule has 1 aliphatic rings. The SMILES string of the molecule is CCN(CCO)C(=O)NCc1ccc2c(c1)CCC2. The van der Waals surface area contributed by atoms with E-state index in [2.05, 4.69) is 23.5 Å². The van der Waals surface area contributed by atoms with Crippen molar-refractivity contribution in [1.82, 2.24) is 10.2 Å². The van der Waals surface area contributed by atoms with Crippen molar-refractivity contribution >= 4 is 6.03 Å². The summed E-state index contributed by atoms with van der Waals surface area (Å²) in [4.78, 5) is 13.5. The van der Waals surface area contributed by atoms with Gasteiger partial charge < -0.3 is 15.3 Å². The lowest BCUT2D eigenvalue weighted by Crippen LogP contribution is -2.41. The summed E-state index contributed by atoms with van der Waals surface area (Å²) in [5, 5.41) is 11.8. The number of rotatable bonds is 5. The van der Waals surface area contributed by atoms with Gasteiger partial charge in [-0.3, -0.25) is 0 Å². The van der Waals surface area contributed by atoms with Gasteiger partial charge in [-0.2, -0.15) is 0 Å². The highest BCUT2D eigenvalue weighted by Gasteiger charge is 2.12. The molecule has 4 nitrogen and oxygen atoms in total. The summed E-state index contributed by atoms with van der Waals surface area (Å²) >= 11 is 0. The number of hydrogen-bond acceptors (Lipinski definition) is 2. The Morgan fingerprint density at radius 2 is 2.16 bits per heavy atom. The Morgan fingerprint density at radius 3 is 2.89 bits per heavy atom. The number of aliphatic hydroxyl groups is 1. The zero-order valence-corrected chi connectivity index (χ0v) is 11.5. The molecule has 4 heteroatoms. The first-order valence-corrected chi connectivity index (χ1v) is 6.99. The van der Waals surface area contributed by atoms with E-state index in [4.69, 9.17) is 5.11 Å². The second-order valence-corrected chi connectivity index (χ2v) is 4.92. The van der Waals surface area contributed by atoms with E-state index in [9.17, 15) is 4.79 Å². The van der Waals surface area contributed by atoms with E-state index < -0.39 is 0 Å². The first kappa shape index (κ1) is 13.9. The predicted octanol–water partition coefficient (Wildman–Crippen LogP) is 1.70. The molecule has 0 bridgehead atoms. The second kappa shape index (κ2) is 6.57. The second-order valence-electron chi connectivity index (χ2n) is 4.92. The molecule has 0 saturated carbocycles. The Morgan fingerprint density at radius 1 is 1.37 bits per heavy atom. The van der Waals surface area contributed by atoms with Gasteiger partial charge in [-0.15, -0.1) is 0 Å². The third-order valence-electron chi connectivity index (χ3n) is 3.65. The molecule has 1 aromatic rings. The summed E-state index contributed by atoms with van der Waals surface area (Å²) in [5.74, 6) is 0. The van der Waals surface area contributed by atoms with Gasteiger partial charge in [0.25, 0.3) is 0 Å². The molecule has 0 radical (unpaired) electrons. The van der Waals surface area contributed by atoms with Crippen molar-refractivity contribution in [2.24, 2.45) is 0 Å². The number of likely N-dealkylation sites (N-methyl/N-ethyl adjacent to an activating group) is 1. The van der Waals surface area contributed by atoms with Crippen molar-refractivity contribution < 1.29 is 9.90 Å². The lowest BCUT2D eigenvalue weighted by molar-refractivity contribution is 0.180. The highest BCUT2D eigenvalue weighted by atomic mass is 16.3. The number of aliphatic hydroxyl groups excluding tert-OH is 1. The minimum atomic E-state index is -0.114. The summed E-state index contributed by atoms with van der Waals surface area (Å²) in [7, 11) is 0. The Labute approximate surface area is 114 Å². The summed E-state index contributed by atoms with van der Waals surface area (Å²) in [6, 6.07) is 6.35. The van der Waals surface area contributed by atoms with Gasteiger partial charge in [0.1, 0.15) is 0 Å². The highest BCUT2D eigenvalue weighted by molar-refractivity contribution is 5.74. The van der Waals surface area contributed by atoms with E-state index >= 15 is 0 Å². The zero-order valence-electron chi connectivity index (χ0n) is 11.5. The molecule has 0 spiro atoms. The Kier molecular flexibility index (Phi) is 4.80.